The van der Waals surface area contributed by atoms with Crippen LogP contribution in [0.4, 0.5) is 0 Å². The van der Waals surface area contributed by atoms with Crippen molar-refractivity contribution in [1.29, 1.82) is 0 Å². The van der Waals surface area contributed by atoms with Crippen LogP contribution in [0.25, 0.3) is 0 Å². The third-order valence-corrected chi connectivity index (χ3v) is 7.06. The summed E-state index contributed by atoms with van der Waals surface area (Å²) >= 11 is 0.996. The minimum atomic E-state index is -3.94. The average Bonchev–Trinajstić information content (AvgIpc) is 2.90. The fourth-order valence-corrected chi connectivity index (χ4v) is 5.56. The van der Waals surface area contributed by atoms with E-state index in [-0.39, 0.29) is 33.6 Å². The van der Waals surface area contributed by atoms with Crippen LogP contribution >= 0.6 is 11.8 Å². The van der Waals surface area contributed by atoms with Gasteiger partial charge in [-0.3, -0.25) is 9.59 Å². The van der Waals surface area contributed by atoms with E-state index in [9.17, 15) is 23.1 Å². The van der Waals surface area contributed by atoms with Crippen molar-refractivity contribution >= 4 is 32.9 Å². The van der Waals surface area contributed by atoms with Gasteiger partial charge in [-0.15, -0.1) is 0 Å². The largest absolute Gasteiger partial charge is 0.480 e. The van der Waals surface area contributed by atoms with Crippen molar-refractivity contribution in [2.75, 3.05) is 6.54 Å². The first-order chi connectivity index (χ1) is 11.4. The van der Waals surface area contributed by atoms with Crippen molar-refractivity contribution in [2.45, 2.75) is 55.7 Å². The Labute approximate surface area is 152 Å². The third kappa shape index (κ3) is 4.43. The van der Waals surface area contributed by atoms with E-state index in [1.807, 2.05) is 20.8 Å². The molecule has 0 bridgehead atoms. The minimum Gasteiger partial charge on any atom is -0.480 e. The molecule has 0 saturated carbocycles. The summed E-state index contributed by atoms with van der Waals surface area (Å²) in [4.78, 5) is 22.9. The van der Waals surface area contributed by atoms with Crippen LogP contribution in [0.15, 0.2) is 29.2 Å². The molecule has 0 amide bonds. The van der Waals surface area contributed by atoms with E-state index in [2.05, 4.69) is 0 Å². The van der Waals surface area contributed by atoms with Gasteiger partial charge in [0.15, 0.2) is 5.12 Å². The summed E-state index contributed by atoms with van der Waals surface area (Å²) in [6.07, 6.45) is 0.124. The quantitative estimate of drug-likeness (QED) is 0.856. The smallest absolute Gasteiger partial charge is 0.322 e. The number of sulfonamides is 1. The van der Waals surface area contributed by atoms with E-state index in [1.165, 1.54) is 19.1 Å². The highest BCUT2D eigenvalue weighted by Gasteiger charge is 2.44. The number of aliphatic carboxylic acids is 1. The lowest BCUT2D eigenvalue weighted by Crippen LogP contribution is -2.40. The minimum absolute atomic E-state index is 0.0184. The van der Waals surface area contributed by atoms with E-state index < -0.39 is 22.0 Å². The Morgan fingerprint density at radius 1 is 1.20 bits per heavy atom. The lowest BCUT2D eigenvalue weighted by molar-refractivity contribution is -0.140. The maximum Gasteiger partial charge on any atom is 0.322 e. The Hall–Kier alpha value is -1.38. The van der Waals surface area contributed by atoms with E-state index in [0.29, 0.717) is 0 Å². The maximum absolute atomic E-state index is 12.9. The van der Waals surface area contributed by atoms with Gasteiger partial charge in [0, 0.05) is 18.7 Å². The Morgan fingerprint density at radius 2 is 1.76 bits per heavy atom. The van der Waals surface area contributed by atoms with Crippen LogP contribution in [0.2, 0.25) is 0 Å². The number of hydrogen-bond acceptors (Lipinski definition) is 5. The molecule has 0 spiro atoms. The van der Waals surface area contributed by atoms with Crippen molar-refractivity contribution < 1.29 is 23.1 Å². The molecule has 1 aromatic carbocycles. The topological polar surface area (TPSA) is 91.8 Å². The highest BCUT2D eigenvalue weighted by atomic mass is 32.2. The van der Waals surface area contributed by atoms with Gasteiger partial charge in [0.2, 0.25) is 10.0 Å². The molecule has 0 radical (unpaired) electrons. The predicted molar refractivity (Wildman–Crippen MR) is 97.1 cm³/mol. The van der Waals surface area contributed by atoms with Crippen molar-refractivity contribution in [3.63, 3.8) is 0 Å². The van der Waals surface area contributed by atoms with Crippen LogP contribution < -0.4 is 0 Å². The summed E-state index contributed by atoms with van der Waals surface area (Å²) in [6.45, 7) is 7.50. The van der Waals surface area contributed by atoms with E-state index >= 15 is 0 Å². The molecule has 1 aromatic rings. The molecule has 138 valence electrons. The van der Waals surface area contributed by atoms with Crippen LogP contribution in [-0.4, -0.2) is 46.8 Å². The normalized spacial score (nSPS) is 22.1. The number of thioether (sulfide) groups is 1. The molecular weight excluding hydrogens is 362 g/mol. The monoisotopic (exact) mass is 385 g/mol. The first kappa shape index (κ1) is 19.9. The zero-order chi connectivity index (χ0) is 19.0. The van der Waals surface area contributed by atoms with Gasteiger partial charge in [-0.25, -0.2) is 8.42 Å². The molecule has 6 nitrogen and oxygen atoms in total. The van der Waals surface area contributed by atoms with E-state index in [0.717, 1.165) is 21.6 Å². The van der Waals surface area contributed by atoms with Crippen LogP contribution in [-0.2, 0) is 25.0 Å². The van der Waals surface area contributed by atoms with Crippen LogP contribution in [0.1, 0.15) is 39.7 Å². The predicted octanol–water partition coefficient (Wildman–Crippen LogP) is 2.48. The summed E-state index contributed by atoms with van der Waals surface area (Å²) in [5.41, 5.74) is 0.885. The number of carboxylic acid groups (broad SMARTS) is 1. The standard InChI is InChI=1S/C17H23NO5S2/c1-11(19)24-13-9-15(16(20)21)18(10-13)25(22,23)14-7-5-12(6-8-14)17(2,3)4/h5-8,13,15H,9-10H2,1-4H3,(H,20,21)/t13-,15+/m1/s1. The van der Waals surface area contributed by atoms with Gasteiger partial charge >= 0.3 is 5.97 Å². The Kier molecular flexibility index (Phi) is 5.65. The molecule has 2 rings (SSSR count). The zero-order valence-corrected chi connectivity index (χ0v) is 16.4. The number of carbonyl (C=O) groups excluding carboxylic acids is 1. The van der Waals surface area contributed by atoms with E-state index in [1.54, 1.807) is 12.1 Å². The summed E-state index contributed by atoms with van der Waals surface area (Å²) < 4.78 is 26.8. The lowest BCUT2D eigenvalue weighted by atomic mass is 9.87. The number of benzene rings is 1. The molecule has 1 saturated heterocycles. The van der Waals surface area contributed by atoms with Crippen LogP contribution in [0.5, 0.6) is 0 Å². The molecule has 2 atom stereocenters. The number of nitrogens with zero attached hydrogens (tertiary/aromatic N) is 1. The van der Waals surface area contributed by atoms with Gasteiger partial charge in [0.25, 0.3) is 0 Å². The fourth-order valence-electron chi connectivity index (χ4n) is 2.84. The van der Waals surface area contributed by atoms with Gasteiger partial charge in [-0.1, -0.05) is 44.7 Å². The Morgan fingerprint density at radius 3 is 2.20 bits per heavy atom. The third-order valence-electron chi connectivity index (χ3n) is 4.16. The molecule has 1 heterocycles. The lowest BCUT2D eigenvalue weighted by Gasteiger charge is -2.22. The van der Waals surface area contributed by atoms with Crippen molar-refractivity contribution in [3.8, 4) is 0 Å². The van der Waals surface area contributed by atoms with Gasteiger partial charge < -0.3 is 5.11 Å². The zero-order valence-electron chi connectivity index (χ0n) is 14.7. The SMILES string of the molecule is CC(=O)S[C@@H]1C[C@@H](C(=O)O)N(S(=O)(=O)c2ccc(C(C)(C)C)cc2)C1. The Balaban J connectivity index is 2.33. The van der Waals surface area contributed by atoms with Gasteiger partial charge in [-0.2, -0.15) is 4.31 Å². The molecular formula is C17H23NO5S2. The molecule has 1 aliphatic rings. The van der Waals surface area contributed by atoms with Crippen molar-refractivity contribution in [3.05, 3.63) is 29.8 Å². The molecule has 0 aromatic heterocycles. The van der Waals surface area contributed by atoms with Gasteiger partial charge in [0.1, 0.15) is 6.04 Å². The van der Waals surface area contributed by atoms with Crippen LogP contribution in [0.3, 0.4) is 0 Å². The van der Waals surface area contributed by atoms with Crippen molar-refractivity contribution in [1.82, 2.24) is 4.31 Å². The number of hydrogen-bond donors (Lipinski definition) is 1. The van der Waals surface area contributed by atoms with Gasteiger partial charge in [-0.05, 0) is 29.5 Å². The van der Waals surface area contributed by atoms with Gasteiger partial charge in [0.05, 0.1) is 4.90 Å². The fraction of sp³-hybridized carbons (Fsp3) is 0.529. The summed E-state index contributed by atoms with van der Waals surface area (Å²) in [7, 11) is -3.94. The van der Waals surface area contributed by atoms with Crippen LogP contribution in [0, 0.1) is 0 Å². The second kappa shape index (κ2) is 7.09. The van der Waals surface area contributed by atoms with Crippen molar-refractivity contribution in [2.24, 2.45) is 0 Å². The number of carboxylic acids is 1. The second-order valence-electron chi connectivity index (χ2n) is 7.17. The molecule has 0 aliphatic carbocycles. The summed E-state index contributed by atoms with van der Waals surface area (Å²) in [5, 5.41) is 8.90. The molecule has 1 aliphatic heterocycles. The highest BCUT2D eigenvalue weighted by molar-refractivity contribution is 8.14. The Bertz CT molecular complexity index is 765. The number of carbonyl (C=O) groups is 2. The molecule has 8 heteroatoms. The second-order valence-corrected chi connectivity index (χ2v) is 10.5. The molecule has 1 N–H and O–H groups in total. The first-order valence-electron chi connectivity index (χ1n) is 7.95. The summed E-state index contributed by atoms with van der Waals surface area (Å²) in [6, 6.07) is 5.38. The molecule has 25 heavy (non-hydrogen) atoms. The molecule has 0 unspecified atom stereocenters. The molecule has 1 fully saturated rings. The van der Waals surface area contributed by atoms with E-state index in [4.69, 9.17) is 0 Å². The average molecular weight is 386 g/mol. The first-order valence-corrected chi connectivity index (χ1v) is 10.3. The number of rotatable bonds is 4. The highest BCUT2D eigenvalue weighted by Crippen LogP contribution is 2.33. The maximum atomic E-state index is 12.9. The summed E-state index contributed by atoms with van der Waals surface area (Å²) in [5.74, 6) is -1.19.